The number of aliphatic hydroxyl groups excluding tert-OH is 1. The second-order valence-electron chi connectivity index (χ2n) is 8.96. The van der Waals surface area contributed by atoms with Gasteiger partial charge in [-0.2, -0.15) is 0 Å². The molecule has 9 heteroatoms. The van der Waals surface area contributed by atoms with Crippen molar-refractivity contribution in [2.24, 2.45) is 0 Å². The van der Waals surface area contributed by atoms with E-state index >= 15 is 0 Å². The second-order valence-corrected chi connectivity index (χ2v) is 8.96. The maximum absolute atomic E-state index is 13.5. The van der Waals surface area contributed by atoms with Crippen molar-refractivity contribution in [2.45, 2.75) is 45.4 Å². The number of phenolic OH excluding ortho intramolecular Hbond substituents is 1. The summed E-state index contributed by atoms with van der Waals surface area (Å²) in [5.41, 5.74) is 0.891. The number of carbonyl (C=O) groups is 3. The average molecular weight is 484 g/mol. The van der Waals surface area contributed by atoms with Gasteiger partial charge in [0.15, 0.2) is 0 Å². The van der Waals surface area contributed by atoms with Crippen molar-refractivity contribution < 1.29 is 29.3 Å². The van der Waals surface area contributed by atoms with Crippen LogP contribution in [-0.2, 0) is 14.3 Å². The Labute approximate surface area is 205 Å². The Balaban J connectivity index is 2.45. The molecule has 2 aromatic carbocycles. The van der Waals surface area contributed by atoms with Crippen LogP contribution < -0.4 is 10.6 Å². The first kappa shape index (κ1) is 27.4. The molecule has 188 valence electrons. The van der Waals surface area contributed by atoms with Crippen LogP contribution in [0.5, 0.6) is 5.75 Å². The quantitative estimate of drug-likeness (QED) is 0.405. The average Bonchev–Trinajstić information content (AvgIpc) is 2.77. The molecule has 2 aromatic rings. The minimum atomic E-state index is -1.38. The van der Waals surface area contributed by atoms with Crippen molar-refractivity contribution in [1.82, 2.24) is 10.2 Å². The zero-order chi connectivity index (χ0) is 26.2. The number of nitrogens with zero attached hydrogens (tertiary/aromatic N) is 1. The number of hydrogen-bond acceptors (Lipinski definition) is 6. The Morgan fingerprint density at radius 1 is 1.14 bits per heavy atom. The fraction of sp³-hybridized carbons (Fsp3) is 0.346. The summed E-state index contributed by atoms with van der Waals surface area (Å²) >= 11 is 0. The van der Waals surface area contributed by atoms with E-state index in [1.165, 1.54) is 23.1 Å². The van der Waals surface area contributed by atoms with Gasteiger partial charge in [-0.3, -0.25) is 9.59 Å². The van der Waals surface area contributed by atoms with Crippen molar-refractivity contribution in [3.63, 3.8) is 0 Å². The molecule has 0 aromatic heterocycles. The molecule has 9 nitrogen and oxygen atoms in total. The maximum Gasteiger partial charge on any atom is 0.408 e. The van der Waals surface area contributed by atoms with E-state index in [1.807, 2.05) is 19.1 Å². The number of nitrogens with one attached hydrogen (secondary N) is 2. The van der Waals surface area contributed by atoms with Gasteiger partial charge in [0.2, 0.25) is 5.91 Å². The molecule has 0 aliphatic heterocycles. The summed E-state index contributed by atoms with van der Waals surface area (Å²) in [7, 11) is 0. The molecule has 35 heavy (non-hydrogen) atoms. The van der Waals surface area contributed by atoms with Gasteiger partial charge >= 0.3 is 6.09 Å². The molecule has 4 N–H and O–H groups in total. The number of amides is 3. The number of alkyl carbamates (subject to hydrolysis) is 1. The highest BCUT2D eigenvalue weighted by molar-refractivity contribution is 5.99. The molecule has 0 saturated heterocycles. The summed E-state index contributed by atoms with van der Waals surface area (Å²) in [5, 5.41) is 25.1. The summed E-state index contributed by atoms with van der Waals surface area (Å²) in [6, 6.07) is 10.5. The topological polar surface area (TPSA) is 128 Å². The van der Waals surface area contributed by atoms with Gasteiger partial charge in [0.1, 0.15) is 23.4 Å². The highest BCUT2D eigenvalue weighted by Crippen LogP contribution is 2.27. The second kappa shape index (κ2) is 12.0. The number of benzene rings is 2. The molecule has 0 radical (unpaired) electrons. The van der Waals surface area contributed by atoms with Gasteiger partial charge in [-0.1, -0.05) is 36.4 Å². The van der Waals surface area contributed by atoms with Gasteiger partial charge in [0, 0.05) is 12.2 Å². The monoisotopic (exact) mass is 483 g/mol. The highest BCUT2D eigenvalue weighted by Gasteiger charge is 2.36. The molecule has 2 atom stereocenters. The van der Waals surface area contributed by atoms with Gasteiger partial charge in [0.05, 0.1) is 6.61 Å². The Morgan fingerprint density at radius 2 is 1.83 bits per heavy atom. The Hall–Kier alpha value is -3.85. The van der Waals surface area contributed by atoms with E-state index in [0.717, 1.165) is 5.56 Å². The predicted molar refractivity (Wildman–Crippen MR) is 133 cm³/mol. The summed E-state index contributed by atoms with van der Waals surface area (Å²) in [6.07, 6.45) is 0.540. The van der Waals surface area contributed by atoms with Crippen LogP contribution in [0.25, 0.3) is 0 Å². The number of rotatable bonds is 9. The number of aliphatic hydroxyl groups is 1. The van der Waals surface area contributed by atoms with Gasteiger partial charge in [0.25, 0.3) is 5.91 Å². The Morgan fingerprint density at radius 3 is 2.40 bits per heavy atom. The van der Waals surface area contributed by atoms with Crippen LogP contribution >= 0.6 is 0 Å². The van der Waals surface area contributed by atoms with Crippen LogP contribution in [0.15, 0.2) is 61.2 Å². The molecule has 0 bridgehead atoms. The lowest BCUT2D eigenvalue weighted by Gasteiger charge is -2.33. The predicted octanol–water partition coefficient (Wildman–Crippen LogP) is 3.28. The molecule has 3 amide bonds. The van der Waals surface area contributed by atoms with E-state index < -0.39 is 42.2 Å². The molecule has 0 aliphatic carbocycles. The first-order chi connectivity index (χ1) is 16.5. The zero-order valence-corrected chi connectivity index (χ0v) is 20.4. The van der Waals surface area contributed by atoms with Crippen molar-refractivity contribution in [3.8, 4) is 5.75 Å². The molecule has 0 fully saturated rings. The highest BCUT2D eigenvalue weighted by atomic mass is 16.6. The van der Waals surface area contributed by atoms with Gasteiger partial charge in [-0.15, -0.1) is 6.58 Å². The van der Waals surface area contributed by atoms with E-state index in [4.69, 9.17) is 4.74 Å². The van der Waals surface area contributed by atoms with E-state index in [0.29, 0.717) is 11.3 Å². The first-order valence-corrected chi connectivity index (χ1v) is 11.1. The smallest absolute Gasteiger partial charge is 0.408 e. The molecule has 0 saturated carbocycles. The number of aromatic hydroxyl groups is 1. The number of phenols is 1. The van der Waals surface area contributed by atoms with Crippen molar-refractivity contribution in [2.75, 3.05) is 18.5 Å². The molecule has 0 spiro atoms. The third kappa shape index (κ3) is 7.86. The molecule has 2 rings (SSSR count). The number of aryl methyl sites for hydroxylation is 1. The maximum atomic E-state index is 13.5. The SMILES string of the molecule is C=CCN(C(=O)C(CO)NC(=O)OC(C)(C)C)C(C(=O)Nc1ccccc1C)c1cccc(O)c1. The summed E-state index contributed by atoms with van der Waals surface area (Å²) < 4.78 is 5.20. The lowest BCUT2D eigenvalue weighted by atomic mass is 10.0. The zero-order valence-electron chi connectivity index (χ0n) is 20.4. The van der Waals surface area contributed by atoms with Crippen LogP contribution in [0, 0.1) is 6.92 Å². The Bertz CT molecular complexity index is 1060. The van der Waals surface area contributed by atoms with Crippen LogP contribution in [0.3, 0.4) is 0 Å². The summed E-state index contributed by atoms with van der Waals surface area (Å²) in [5.74, 6) is -1.37. The standard InChI is InChI=1S/C26H33N3O6/c1-6-14-29(24(33)21(16-30)28-25(34)35-26(3,4)5)22(18-11-9-12-19(31)15-18)23(32)27-20-13-8-7-10-17(20)2/h6-13,15,21-22,30-31H,1,14,16H2,2-5H3,(H,27,32)(H,28,34). The molecular formula is C26H33N3O6. The van der Waals surface area contributed by atoms with Crippen LogP contribution in [0.4, 0.5) is 10.5 Å². The van der Waals surface area contributed by atoms with Gasteiger partial charge < -0.3 is 30.5 Å². The van der Waals surface area contributed by atoms with Crippen LogP contribution in [-0.4, -0.2) is 57.8 Å². The van der Waals surface area contributed by atoms with Crippen molar-refractivity contribution in [3.05, 3.63) is 72.3 Å². The number of para-hydroxylation sites is 1. The first-order valence-electron chi connectivity index (χ1n) is 11.1. The number of carbonyl (C=O) groups excluding carboxylic acids is 3. The molecule has 0 heterocycles. The van der Waals surface area contributed by atoms with Gasteiger partial charge in [-0.25, -0.2) is 4.79 Å². The fourth-order valence-corrected chi connectivity index (χ4v) is 3.38. The van der Waals surface area contributed by atoms with Crippen LogP contribution in [0.2, 0.25) is 0 Å². The normalized spacial score (nSPS) is 12.7. The van der Waals surface area contributed by atoms with Crippen molar-refractivity contribution >= 4 is 23.6 Å². The number of ether oxygens (including phenoxy) is 1. The third-order valence-corrected chi connectivity index (χ3v) is 4.93. The number of anilines is 1. The fourth-order valence-electron chi connectivity index (χ4n) is 3.38. The van der Waals surface area contributed by atoms with E-state index in [1.54, 1.807) is 45.0 Å². The lowest BCUT2D eigenvalue weighted by Crippen LogP contribution is -2.53. The molecule has 0 aliphatic rings. The van der Waals surface area contributed by atoms with Crippen LogP contribution in [0.1, 0.15) is 37.9 Å². The van der Waals surface area contributed by atoms with Gasteiger partial charge in [-0.05, 0) is 57.0 Å². The van der Waals surface area contributed by atoms with E-state index in [2.05, 4.69) is 17.2 Å². The molecular weight excluding hydrogens is 450 g/mol. The summed E-state index contributed by atoms with van der Waals surface area (Å²) in [6.45, 7) is 9.71. The lowest BCUT2D eigenvalue weighted by molar-refractivity contribution is -0.140. The Kier molecular flexibility index (Phi) is 9.42. The largest absolute Gasteiger partial charge is 0.508 e. The summed E-state index contributed by atoms with van der Waals surface area (Å²) in [4.78, 5) is 40.5. The third-order valence-electron chi connectivity index (χ3n) is 4.93. The van der Waals surface area contributed by atoms with E-state index in [9.17, 15) is 24.6 Å². The molecule has 2 unspecified atom stereocenters. The minimum absolute atomic E-state index is 0.0765. The minimum Gasteiger partial charge on any atom is -0.508 e. The van der Waals surface area contributed by atoms with E-state index in [-0.39, 0.29) is 12.3 Å². The number of hydrogen-bond donors (Lipinski definition) is 4. The van der Waals surface area contributed by atoms with Crippen molar-refractivity contribution in [1.29, 1.82) is 0 Å².